The molecule has 142 valence electrons. The number of hydrogen-bond acceptors (Lipinski definition) is 4. The Morgan fingerprint density at radius 2 is 2.04 bits per heavy atom. The van der Waals surface area contributed by atoms with E-state index in [0.717, 1.165) is 6.42 Å². The Hall–Kier alpha value is -2.86. The summed E-state index contributed by atoms with van der Waals surface area (Å²) >= 11 is 0. The first-order valence-corrected chi connectivity index (χ1v) is 9.01. The van der Waals surface area contributed by atoms with Crippen molar-refractivity contribution in [1.82, 2.24) is 10.2 Å². The molecule has 1 saturated heterocycles. The van der Waals surface area contributed by atoms with E-state index in [0.29, 0.717) is 30.9 Å². The number of carbonyl (C=O) groups is 2. The highest BCUT2D eigenvalue weighted by Crippen LogP contribution is 2.13. The number of benzene rings is 2. The summed E-state index contributed by atoms with van der Waals surface area (Å²) < 4.78 is 10.7. The summed E-state index contributed by atoms with van der Waals surface area (Å²) in [5.41, 5.74) is 1.72. The molecule has 0 aliphatic carbocycles. The Balaban J connectivity index is 1.50. The maximum absolute atomic E-state index is 12.3. The van der Waals surface area contributed by atoms with Crippen LogP contribution < -0.4 is 10.1 Å². The predicted molar refractivity (Wildman–Crippen MR) is 102 cm³/mol. The molecule has 1 heterocycles. The number of ether oxygens (including phenoxy) is 2. The van der Waals surface area contributed by atoms with Gasteiger partial charge in [0.1, 0.15) is 12.4 Å². The lowest BCUT2D eigenvalue weighted by molar-refractivity contribution is -0.148. The predicted octanol–water partition coefficient (Wildman–Crippen LogP) is 1.90. The zero-order chi connectivity index (χ0) is 19.1. The molecule has 2 aromatic rings. The third-order valence-corrected chi connectivity index (χ3v) is 4.55. The van der Waals surface area contributed by atoms with E-state index < -0.39 is 0 Å². The minimum atomic E-state index is -0.215. The summed E-state index contributed by atoms with van der Waals surface area (Å²) in [6, 6.07) is 17.0. The Morgan fingerprint density at radius 3 is 2.81 bits per heavy atom. The van der Waals surface area contributed by atoms with Gasteiger partial charge in [-0.2, -0.15) is 0 Å². The van der Waals surface area contributed by atoms with Gasteiger partial charge in [-0.15, -0.1) is 0 Å². The van der Waals surface area contributed by atoms with Crippen LogP contribution in [-0.4, -0.2) is 56.2 Å². The lowest BCUT2D eigenvalue weighted by atomic mass is 10.1. The van der Waals surface area contributed by atoms with Gasteiger partial charge >= 0.3 is 0 Å². The molecule has 1 aliphatic heterocycles. The van der Waals surface area contributed by atoms with Crippen LogP contribution in [0.2, 0.25) is 0 Å². The van der Waals surface area contributed by atoms with Gasteiger partial charge in [-0.25, -0.2) is 0 Å². The number of amides is 2. The Labute approximate surface area is 159 Å². The minimum absolute atomic E-state index is 0.0127. The molecule has 2 aromatic carbocycles. The fourth-order valence-electron chi connectivity index (χ4n) is 3.00. The highest BCUT2D eigenvalue weighted by atomic mass is 16.5. The molecule has 1 unspecified atom stereocenters. The zero-order valence-electron chi connectivity index (χ0n) is 15.4. The summed E-state index contributed by atoms with van der Waals surface area (Å²) in [7, 11) is 1.56. The number of carbonyl (C=O) groups excluding carboxylic acids is 2. The average molecular weight is 368 g/mol. The number of hydrogen-bond donors (Lipinski definition) is 1. The van der Waals surface area contributed by atoms with Crippen molar-refractivity contribution in [2.45, 2.75) is 12.5 Å². The van der Waals surface area contributed by atoms with E-state index in [-0.39, 0.29) is 24.5 Å². The summed E-state index contributed by atoms with van der Waals surface area (Å²) in [4.78, 5) is 26.2. The summed E-state index contributed by atoms with van der Waals surface area (Å²) in [5, 5.41) is 2.87. The number of methoxy groups -OCH3 is 1. The van der Waals surface area contributed by atoms with Crippen LogP contribution in [0.25, 0.3) is 0 Å². The first kappa shape index (κ1) is 18.9. The van der Waals surface area contributed by atoms with Crippen molar-refractivity contribution in [2.75, 3.05) is 33.4 Å². The fourth-order valence-corrected chi connectivity index (χ4v) is 3.00. The largest absolute Gasteiger partial charge is 0.497 e. The van der Waals surface area contributed by atoms with E-state index >= 15 is 0 Å². The smallest absolute Gasteiger partial charge is 0.251 e. The highest BCUT2D eigenvalue weighted by Gasteiger charge is 2.26. The van der Waals surface area contributed by atoms with Crippen LogP contribution in [-0.2, 0) is 16.0 Å². The van der Waals surface area contributed by atoms with Crippen LogP contribution in [0.15, 0.2) is 54.6 Å². The van der Waals surface area contributed by atoms with Crippen LogP contribution in [0.4, 0.5) is 0 Å². The summed E-state index contributed by atoms with van der Waals surface area (Å²) in [6.45, 7) is 1.52. The van der Waals surface area contributed by atoms with Gasteiger partial charge in [-0.1, -0.05) is 36.4 Å². The van der Waals surface area contributed by atoms with E-state index in [1.807, 2.05) is 18.2 Å². The third-order valence-electron chi connectivity index (χ3n) is 4.55. The van der Waals surface area contributed by atoms with E-state index in [4.69, 9.17) is 9.47 Å². The number of morpholine rings is 1. The van der Waals surface area contributed by atoms with Crippen molar-refractivity contribution < 1.29 is 19.1 Å². The first-order chi connectivity index (χ1) is 13.2. The average Bonchev–Trinajstić information content (AvgIpc) is 2.72. The molecule has 6 heteroatoms. The second kappa shape index (κ2) is 9.19. The molecule has 0 radical (unpaired) electrons. The van der Waals surface area contributed by atoms with Crippen LogP contribution in [0.1, 0.15) is 15.9 Å². The highest BCUT2D eigenvalue weighted by molar-refractivity contribution is 5.94. The van der Waals surface area contributed by atoms with Crippen molar-refractivity contribution in [3.05, 3.63) is 65.7 Å². The SMILES string of the molecule is COc1cccc(C(=O)NCC2CN(CCc3ccccc3)C(=O)CO2)c1. The number of nitrogens with zero attached hydrogens (tertiary/aromatic N) is 1. The van der Waals surface area contributed by atoms with Crippen LogP contribution in [0, 0.1) is 0 Å². The molecule has 6 nitrogen and oxygen atoms in total. The Morgan fingerprint density at radius 1 is 1.22 bits per heavy atom. The Kier molecular flexibility index (Phi) is 6.44. The first-order valence-electron chi connectivity index (χ1n) is 9.01. The third kappa shape index (κ3) is 5.31. The number of nitrogens with one attached hydrogen (secondary N) is 1. The van der Waals surface area contributed by atoms with Crippen molar-refractivity contribution >= 4 is 11.8 Å². The molecular formula is C21H24N2O4. The molecule has 1 N–H and O–H groups in total. The van der Waals surface area contributed by atoms with E-state index in [1.54, 1.807) is 36.3 Å². The summed E-state index contributed by atoms with van der Waals surface area (Å²) in [6.07, 6.45) is 0.586. The molecule has 0 saturated carbocycles. The normalized spacial score (nSPS) is 16.9. The van der Waals surface area contributed by atoms with Gasteiger partial charge in [0.15, 0.2) is 0 Å². The topological polar surface area (TPSA) is 67.9 Å². The van der Waals surface area contributed by atoms with Gasteiger partial charge in [0.2, 0.25) is 5.91 Å². The molecule has 0 bridgehead atoms. The van der Waals surface area contributed by atoms with E-state index in [2.05, 4.69) is 17.4 Å². The standard InChI is InChI=1S/C21H24N2O4/c1-26-18-9-5-8-17(12-18)21(25)22-13-19-14-23(20(24)15-27-19)11-10-16-6-3-2-4-7-16/h2-9,12,19H,10-11,13-15H2,1H3,(H,22,25). The van der Waals surface area contributed by atoms with Gasteiger partial charge < -0.3 is 19.7 Å². The van der Waals surface area contributed by atoms with Crippen molar-refractivity contribution in [3.8, 4) is 5.75 Å². The minimum Gasteiger partial charge on any atom is -0.497 e. The van der Waals surface area contributed by atoms with E-state index in [1.165, 1.54) is 5.56 Å². The quantitative estimate of drug-likeness (QED) is 0.811. The van der Waals surface area contributed by atoms with Gasteiger partial charge in [0.05, 0.1) is 13.2 Å². The van der Waals surface area contributed by atoms with Crippen molar-refractivity contribution in [1.29, 1.82) is 0 Å². The molecule has 1 fully saturated rings. The second-order valence-corrected chi connectivity index (χ2v) is 6.45. The molecule has 0 spiro atoms. The zero-order valence-corrected chi connectivity index (χ0v) is 15.4. The van der Waals surface area contributed by atoms with Crippen LogP contribution in [0.5, 0.6) is 5.75 Å². The Bertz CT molecular complexity index is 779. The maximum atomic E-state index is 12.3. The molecule has 1 aliphatic rings. The van der Waals surface area contributed by atoms with E-state index in [9.17, 15) is 9.59 Å². The lowest BCUT2D eigenvalue weighted by Crippen LogP contribution is -2.51. The van der Waals surface area contributed by atoms with Crippen LogP contribution >= 0.6 is 0 Å². The lowest BCUT2D eigenvalue weighted by Gasteiger charge is -2.33. The van der Waals surface area contributed by atoms with Crippen LogP contribution in [0.3, 0.4) is 0 Å². The molecule has 0 aromatic heterocycles. The van der Waals surface area contributed by atoms with Gasteiger partial charge in [-0.3, -0.25) is 9.59 Å². The maximum Gasteiger partial charge on any atom is 0.251 e. The number of rotatable bonds is 7. The molecule has 2 amide bonds. The molecule has 3 rings (SSSR count). The fraction of sp³-hybridized carbons (Fsp3) is 0.333. The summed E-state index contributed by atoms with van der Waals surface area (Å²) in [5.74, 6) is 0.431. The molecular weight excluding hydrogens is 344 g/mol. The molecule has 1 atom stereocenters. The van der Waals surface area contributed by atoms with Gasteiger partial charge in [0, 0.05) is 25.2 Å². The van der Waals surface area contributed by atoms with Crippen molar-refractivity contribution in [3.63, 3.8) is 0 Å². The van der Waals surface area contributed by atoms with Crippen molar-refractivity contribution in [2.24, 2.45) is 0 Å². The molecule has 27 heavy (non-hydrogen) atoms. The second-order valence-electron chi connectivity index (χ2n) is 6.45. The van der Waals surface area contributed by atoms with Gasteiger partial charge in [-0.05, 0) is 30.2 Å². The monoisotopic (exact) mass is 368 g/mol. The van der Waals surface area contributed by atoms with Gasteiger partial charge in [0.25, 0.3) is 5.91 Å².